The number of benzene rings is 1. The minimum atomic E-state index is -3.05. The molecule has 1 aromatic heterocycles. The van der Waals surface area contributed by atoms with E-state index in [0.29, 0.717) is 18.8 Å². The van der Waals surface area contributed by atoms with E-state index in [4.69, 9.17) is 9.26 Å². The molecule has 0 saturated carbocycles. The molecule has 1 atom stereocenters. The third-order valence-electron chi connectivity index (χ3n) is 4.80. The monoisotopic (exact) mass is 392 g/mol. The van der Waals surface area contributed by atoms with Crippen molar-refractivity contribution >= 4 is 15.7 Å². The minimum absolute atomic E-state index is 0.000218. The maximum Gasteiger partial charge on any atom is 0.224 e. The molecule has 1 N–H and O–H groups in total. The lowest BCUT2D eigenvalue weighted by atomic mass is 10.0. The lowest BCUT2D eigenvalue weighted by Crippen LogP contribution is -2.47. The molecule has 3 rings (SSSR count). The standard InChI is InChI=1S/C19H24N2O5S/c1-13-17(14(2)26-21-13)11-25-16-6-4-15(5-7-16)10-18(22)20-19(3)8-9-27(23,24)12-19/h4-7H,8-12H2,1-3H3,(H,20,22). The van der Waals surface area contributed by atoms with Gasteiger partial charge in [0.15, 0.2) is 9.84 Å². The van der Waals surface area contributed by atoms with Crippen molar-refractivity contribution in [3.63, 3.8) is 0 Å². The Morgan fingerprint density at radius 2 is 2.00 bits per heavy atom. The third kappa shape index (κ3) is 4.88. The van der Waals surface area contributed by atoms with Crippen LogP contribution in [0.3, 0.4) is 0 Å². The Balaban J connectivity index is 1.54. The molecule has 1 aliphatic heterocycles. The zero-order valence-electron chi connectivity index (χ0n) is 15.7. The highest BCUT2D eigenvalue weighted by atomic mass is 32.2. The summed E-state index contributed by atoms with van der Waals surface area (Å²) in [4.78, 5) is 12.3. The van der Waals surface area contributed by atoms with Gasteiger partial charge in [0.05, 0.1) is 34.7 Å². The normalized spacial score (nSPS) is 21.1. The van der Waals surface area contributed by atoms with Crippen LogP contribution in [0.4, 0.5) is 0 Å². The molecule has 0 radical (unpaired) electrons. The van der Waals surface area contributed by atoms with Gasteiger partial charge in [-0.15, -0.1) is 0 Å². The average Bonchev–Trinajstić information content (AvgIpc) is 3.05. The number of nitrogens with one attached hydrogen (secondary N) is 1. The average molecular weight is 392 g/mol. The molecule has 27 heavy (non-hydrogen) atoms. The van der Waals surface area contributed by atoms with E-state index in [1.807, 2.05) is 38.1 Å². The highest BCUT2D eigenvalue weighted by Gasteiger charge is 2.39. The summed E-state index contributed by atoms with van der Waals surface area (Å²) in [5.74, 6) is 1.37. The van der Waals surface area contributed by atoms with Crippen LogP contribution in [0, 0.1) is 13.8 Å². The second-order valence-electron chi connectivity index (χ2n) is 7.36. The molecule has 0 aliphatic carbocycles. The zero-order chi connectivity index (χ0) is 19.7. The number of ether oxygens (including phenoxy) is 1. The van der Waals surface area contributed by atoms with Gasteiger partial charge in [-0.05, 0) is 44.9 Å². The maximum atomic E-state index is 12.3. The van der Waals surface area contributed by atoms with E-state index in [1.165, 1.54) is 0 Å². The van der Waals surface area contributed by atoms with Crippen molar-refractivity contribution in [2.45, 2.75) is 45.8 Å². The number of carbonyl (C=O) groups excluding carboxylic acids is 1. The van der Waals surface area contributed by atoms with Crippen LogP contribution in [-0.2, 0) is 27.7 Å². The van der Waals surface area contributed by atoms with Crippen LogP contribution in [0.1, 0.15) is 35.9 Å². The summed E-state index contributed by atoms with van der Waals surface area (Å²) in [5, 5.41) is 6.76. The molecule has 1 unspecified atom stereocenters. The number of aryl methyl sites for hydroxylation is 2. The zero-order valence-corrected chi connectivity index (χ0v) is 16.6. The van der Waals surface area contributed by atoms with Crippen molar-refractivity contribution in [2.75, 3.05) is 11.5 Å². The number of nitrogens with zero attached hydrogens (tertiary/aromatic N) is 1. The number of carbonyl (C=O) groups is 1. The number of sulfone groups is 1. The molecule has 2 heterocycles. The fourth-order valence-electron chi connectivity index (χ4n) is 3.24. The second kappa shape index (κ2) is 7.34. The SMILES string of the molecule is Cc1noc(C)c1COc1ccc(CC(=O)NC2(C)CCS(=O)(=O)C2)cc1. The second-order valence-corrected chi connectivity index (χ2v) is 9.55. The number of amides is 1. The van der Waals surface area contributed by atoms with Crippen molar-refractivity contribution in [3.05, 3.63) is 46.8 Å². The molecule has 1 aliphatic rings. The fourth-order valence-corrected chi connectivity index (χ4v) is 5.34. The summed E-state index contributed by atoms with van der Waals surface area (Å²) in [7, 11) is -3.05. The largest absolute Gasteiger partial charge is 0.489 e. The van der Waals surface area contributed by atoms with Crippen LogP contribution in [0.5, 0.6) is 5.75 Å². The molecular weight excluding hydrogens is 368 g/mol. The molecule has 8 heteroatoms. The molecule has 1 amide bonds. The molecule has 1 aromatic carbocycles. The van der Waals surface area contributed by atoms with E-state index in [9.17, 15) is 13.2 Å². The van der Waals surface area contributed by atoms with Crippen molar-refractivity contribution in [1.29, 1.82) is 0 Å². The fraction of sp³-hybridized carbons (Fsp3) is 0.474. The molecule has 7 nitrogen and oxygen atoms in total. The Hall–Kier alpha value is -2.35. The van der Waals surface area contributed by atoms with Crippen molar-refractivity contribution in [3.8, 4) is 5.75 Å². The minimum Gasteiger partial charge on any atom is -0.489 e. The van der Waals surface area contributed by atoms with Gasteiger partial charge in [0.2, 0.25) is 5.91 Å². The van der Waals surface area contributed by atoms with Crippen LogP contribution >= 0.6 is 0 Å². The Labute approximate surface area is 159 Å². The maximum absolute atomic E-state index is 12.3. The number of hydrogen-bond donors (Lipinski definition) is 1. The van der Waals surface area contributed by atoms with Gasteiger partial charge in [0, 0.05) is 0 Å². The van der Waals surface area contributed by atoms with Crippen LogP contribution < -0.4 is 10.1 Å². The number of hydrogen-bond acceptors (Lipinski definition) is 6. The predicted octanol–water partition coefficient (Wildman–Crippen LogP) is 2.11. The summed E-state index contributed by atoms with van der Waals surface area (Å²) >= 11 is 0. The van der Waals surface area contributed by atoms with Gasteiger partial charge >= 0.3 is 0 Å². The van der Waals surface area contributed by atoms with Crippen molar-refractivity contribution in [2.24, 2.45) is 0 Å². The first-order chi connectivity index (χ1) is 12.7. The lowest BCUT2D eigenvalue weighted by molar-refractivity contribution is -0.121. The first kappa shape index (κ1) is 19.4. The molecule has 1 saturated heterocycles. The van der Waals surface area contributed by atoms with Gasteiger partial charge in [-0.25, -0.2) is 8.42 Å². The predicted molar refractivity (Wildman–Crippen MR) is 100 cm³/mol. The Morgan fingerprint density at radius 3 is 2.56 bits per heavy atom. The Bertz CT molecular complexity index is 914. The van der Waals surface area contributed by atoms with Gasteiger partial charge in [-0.3, -0.25) is 4.79 Å². The third-order valence-corrected chi connectivity index (χ3v) is 6.70. The summed E-state index contributed by atoms with van der Waals surface area (Å²) in [6, 6.07) is 7.27. The first-order valence-electron chi connectivity index (χ1n) is 8.81. The first-order valence-corrected chi connectivity index (χ1v) is 10.6. The van der Waals surface area contributed by atoms with E-state index in [0.717, 1.165) is 22.6 Å². The highest BCUT2D eigenvalue weighted by Crippen LogP contribution is 2.23. The number of rotatable bonds is 6. The van der Waals surface area contributed by atoms with E-state index in [1.54, 1.807) is 6.92 Å². The smallest absolute Gasteiger partial charge is 0.224 e. The molecular formula is C19H24N2O5S. The topological polar surface area (TPSA) is 98.5 Å². The lowest BCUT2D eigenvalue weighted by Gasteiger charge is -2.23. The molecule has 0 spiro atoms. The van der Waals surface area contributed by atoms with E-state index in [-0.39, 0.29) is 23.8 Å². The van der Waals surface area contributed by atoms with Gasteiger partial charge in [-0.1, -0.05) is 17.3 Å². The van der Waals surface area contributed by atoms with E-state index >= 15 is 0 Å². The highest BCUT2D eigenvalue weighted by molar-refractivity contribution is 7.91. The summed E-state index contributed by atoms with van der Waals surface area (Å²) in [5.41, 5.74) is 1.90. The molecule has 146 valence electrons. The van der Waals surface area contributed by atoms with Gasteiger partial charge < -0.3 is 14.6 Å². The van der Waals surface area contributed by atoms with Crippen LogP contribution in [0.25, 0.3) is 0 Å². The van der Waals surface area contributed by atoms with Gasteiger partial charge in [0.1, 0.15) is 18.1 Å². The van der Waals surface area contributed by atoms with E-state index < -0.39 is 15.4 Å². The van der Waals surface area contributed by atoms with Crippen LogP contribution in [-0.4, -0.2) is 36.5 Å². The Kier molecular flexibility index (Phi) is 5.28. The Morgan fingerprint density at radius 1 is 1.30 bits per heavy atom. The van der Waals surface area contributed by atoms with Gasteiger partial charge in [-0.2, -0.15) is 0 Å². The van der Waals surface area contributed by atoms with Crippen LogP contribution in [0.2, 0.25) is 0 Å². The molecule has 0 bridgehead atoms. The summed E-state index contributed by atoms with van der Waals surface area (Å²) < 4.78 is 34.1. The summed E-state index contributed by atoms with van der Waals surface area (Å²) in [6.07, 6.45) is 0.648. The summed E-state index contributed by atoms with van der Waals surface area (Å²) in [6.45, 7) is 5.86. The van der Waals surface area contributed by atoms with Gasteiger partial charge in [0.25, 0.3) is 0 Å². The van der Waals surface area contributed by atoms with Crippen molar-refractivity contribution < 1.29 is 22.5 Å². The van der Waals surface area contributed by atoms with Crippen molar-refractivity contribution in [1.82, 2.24) is 10.5 Å². The van der Waals surface area contributed by atoms with Crippen LogP contribution in [0.15, 0.2) is 28.8 Å². The quantitative estimate of drug-likeness (QED) is 0.808. The van der Waals surface area contributed by atoms with E-state index in [2.05, 4.69) is 10.5 Å². The number of aromatic nitrogens is 1. The molecule has 1 fully saturated rings. The molecule has 2 aromatic rings.